The number of ether oxygens (including phenoxy) is 1. The van der Waals surface area contributed by atoms with Crippen molar-refractivity contribution < 1.29 is 14.3 Å². The summed E-state index contributed by atoms with van der Waals surface area (Å²) >= 11 is 2.98. The molecule has 0 spiro atoms. The molecule has 0 unspecified atom stereocenters. The fourth-order valence-corrected chi connectivity index (χ4v) is 0.893. The highest BCUT2D eigenvalue weighted by atomic mass is 79.9. The van der Waals surface area contributed by atoms with Gasteiger partial charge in [0.25, 0.3) is 0 Å². The SMILES string of the molecule is C=CC(=N/C=C(\N)Br)NC(=O)CCC(=O)OC. The molecule has 0 aliphatic heterocycles. The summed E-state index contributed by atoms with van der Waals surface area (Å²) in [6, 6.07) is 0. The molecular weight excluding hydrogens is 290 g/mol. The van der Waals surface area contributed by atoms with Gasteiger partial charge in [0.1, 0.15) is 5.84 Å². The smallest absolute Gasteiger partial charge is 0.306 e. The average molecular weight is 304 g/mol. The molecule has 0 atom stereocenters. The molecule has 0 aliphatic carbocycles. The van der Waals surface area contributed by atoms with Gasteiger partial charge < -0.3 is 15.8 Å². The first-order valence-electron chi connectivity index (χ1n) is 4.67. The van der Waals surface area contributed by atoms with Crippen LogP contribution in [0.3, 0.4) is 0 Å². The molecule has 1 amide bonds. The predicted octanol–water partition coefficient (Wildman–Crippen LogP) is 0.793. The van der Waals surface area contributed by atoms with Crippen LogP contribution in [0.25, 0.3) is 0 Å². The van der Waals surface area contributed by atoms with Crippen LogP contribution in [-0.4, -0.2) is 24.8 Å². The van der Waals surface area contributed by atoms with E-state index in [1.165, 1.54) is 19.4 Å². The Kier molecular flexibility index (Phi) is 7.70. The lowest BCUT2D eigenvalue weighted by atomic mass is 10.3. The van der Waals surface area contributed by atoms with E-state index in [2.05, 4.69) is 37.6 Å². The summed E-state index contributed by atoms with van der Waals surface area (Å²) in [4.78, 5) is 26.0. The van der Waals surface area contributed by atoms with Gasteiger partial charge in [-0.25, -0.2) is 4.99 Å². The number of nitrogens with zero attached hydrogens (tertiary/aromatic N) is 1. The number of hydrogen-bond donors (Lipinski definition) is 2. The summed E-state index contributed by atoms with van der Waals surface area (Å²) in [6.45, 7) is 3.48. The van der Waals surface area contributed by atoms with Crippen LogP contribution in [0.5, 0.6) is 0 Å². The van der Waals surface area contributed by atoms with Gasteiger partial charge in [-0.05, 0) is 22.0 Å². The summed E-state index contributed by atoms with van der Waals surface area (Å²) in [7, 11) is 1.26. The number of carbonyl (C=O) groups excluding carboxylic acids is 2. The summed E-state index contributed by atoms with van der Waals surface area (Å²) < 4.78 is 4.73. The van der Waals surface area contributed by atoms with Crippen LogP contribution < -0.4 is 11.1 Å². The first-order valence-corrected chi connectivity index (χ1v) is 5.47. The molecule has 0 aromatic heterocycles. The van der Waals surface area contributed by atoms with Gasteiger partial charge in [0.15, 0.2) is 0 Å². The Hall–Kier alpha value is -1.63. The van der Waals surface area contributed by atoms with Crippen LogP contribution in [0.1, 0.15) is 12.8 Å². The van der Waals surface area contributed by atoms with Gasteiger partial charge in [-0.3, -0.25) is 9.59 Å². The molecule has 0 aromatic rings. The molecule has 17 heavy (non-hydrogen) atoms. The summed E-state index contributed by atoms with van der Waals surface area (Å²) in [5.74, 6) is -0.542. The Labute approximate surface area is 108 Å². The largest absolute Gasteiger partial charge is 0.469 e. The van der Waals surface area contributed by atoms with E-state index in [1.54, 1.807) is 0 Å². The second-order valence-corrected chi connectivity index (χ2v) is 3.77. The summed E-state index contributed by atoms with van der Waals surface area (Å²) in [6.07, 6.45) is 2.72. The van der Waals surface area contributed by atoms with Crippen LogP contribution in [-0.2, 0) is 14.3 Å². The van der Waals surface area contributed by atoms with Crippen molar-refractivity contribution >= 4 is 33.6 Å². The van der Waals surface area contributed by atoms with Crippen LogP contribution >= 0.6 is 15.9 Å². The first kappa shape index (κ1) is 15.4. The maximum absolute atomic E-state index is 11.4. The Morgan fingerprint density at radius 3 is 2.65 bits per heavy atom. The van der Waals surface area contributed by atoms with Crippen LogP contribution in [0.15, 0.2) is 28.5 Å². The van der Waals surface area contributed by atoms with E-state index in [-0.39, 0.29) is 24.6 Å². The zero-order chi connectivity index (χ0) is 13.3. The second kappa shape index (κ2) is 8.51. The fraction of sp³-hybridized carbons (Fsp3) is 0.300. The van der Waals surface area contributed by atoms with Gasteiger partial charge >= 0.3 is 5.97 Å². The first-order chi connectivity index (χ1) is 7.99. The molecule has 0 rings (SSSR count). The third-order valence-electron chi connectivity index (χ3n) is 1.57. The number of nitrogens with two attached hydrogens (primary N) is 1. The van der Waals surface area contributed by atoms with Gasteiger partial charge in [0.2, 0.25) is 5.91 Å². The zero-order valence-electron chi connectivity index (χ0n) is 9.40. The van der Waals surface area contributed by atoms with E-state index in [4.69, 9.17) is 5.73 Å². The Bertz CT molecular complexity index is 360. The van der Waals surface area contributed by atoms with Crippen molar-refractivity contribution in [3.8, 4) is 0 Å². The zero-order valence-corrected chi connectivity index (χ0v) is 11.0. The second-order valence-electron chi connectivity index (χ2n) is 2.86. The third kappa shape index (κ3) is 8.21. The predicted molar refractivity (Wildman–Crippen MR) is 68.2 cm³/mol. The highest BCUT2D eigenvalue weighted by Crippen LogP contribution is 1.95. The van der Waals surface area contributed by atoms with Crippen molar-refractivity contribution in [1.82, 2.24) is 5.32 Å². The molecule has 0 aliphatic rings. The van der Waals surface area contributed by atoms with Crippen LogP contribution in [0, 0.1) is 0 Å². The minimum Gasteiger partial charge on any atom is -0.469 e. The van der Waals surface area contributed by atoms with Crippen molar-refractivity contribution in [2.45, 2.75) is 12.8 Å². The molecule has 0 aromatic carbocycles. The van der Waals surface area contributed by atoms with Gasteiger partial charge in [0, 0.05) is 6.42 Å². The van der Waals surface area contributed by atoms with Crippen molar-refractivity contribution in [3.63, 3.8) is 0 Å². The van der Waals surface area contributed by atoms with E-state index < -0.39 is 5.97 Å². The standard InChI is InChI=1S/C10H14BrN3O3/c1-3-8(13-6-7(11)12)14-9(15)4-5-10(16)17-2/h3,6H,1,4-5,12H2,2H3,(H,13,14,15)/b7-6-. The molecule has 6 nitrogen and oxygen atoms in total. The monoisotopic (exact) mass is 303 g/mol. The number of carbonyl (C=O) groups is 2. The number of hydrogen-bond acceptors (Lipinski definition) is 5. The molecule has 0 saturated carbocycles. The minimum atomic E-state index is -0.443. The quantitative estimate of drug-likeness (QED) is 0.340. The molecule has 0 saturated heterocycles. The van der Waals surface area contributed by atoms with Crippen LogP contribution in [0.4, 0.5) is 0 Å². The Balaban J connectivity index is 4.25. The van der Waals surface area contributed by atoms with Crippen LogP contribution in [0.2, 0.25) is 0 Å². The third-order valence-corrected chi connectivity index (χ3v) is 1.78. The van der Waals surface area contributed by atoms with Crippen molar-refractivity contribution in [1.29, 1.82) is 0 Å². The lowest BCUT2D eigenvalue weighted by Gasteiger charge is -2.03. The van der Waals surface area contributed by atoms with E-state index in [0.29, 0.717) is 4.61 Å². The number of rotatable bonds is 5. The van der Waals surface area contributed by atoms with Crippen molar-refractivity contribution in [3.05, 3.63) is 23.5 Å². The van der Waals surface area contributed by atoms with Gasteiger partial charge in [-0.2, -0.15) is 0 Å². The molecule has 94 valence electrons. The normalized spacial score (nSPS) is 11.9. The molecule has 7 heteroatoms. The van der Waals surface area contributed by atoms with E-state index in [0.717, 1.165) is 0 Å². The van der Waals surface area contributed by atoms with Crippen molar-refractivity contribution in [2.75, 3.05) is 7.11 Å². The van der Waals surface area contributed by atoms with Crippen molar-refractivity contribution in [2.24, 2.45) is 10.7 Å². The van der Waals surface area contributed by atoms with Gasteiger partial charge in [0.05, 0.1) is 24.3 Å². The van der Waals surface area contributed by atoms with Gasteiger partial charge in [-0.1, -0.05) is 6.58 Å². The minimum absolute atomic E-state index is 0.0170. The molecular formula is C10H14BrN3O3. The topological polar surface area (TPSA) is 93.8 Å². The molecule has 3 N–H and O–H groups in total. The number of amidine groups is 1. The maximum Gasteiger partial charge on any atom is 0.306 e. The number of esters is 1. The maximum atomic E-state index is 11.4. The van der Waals surface area contributed by atoms with Gasteiger partial charge in [-0.15, -0.1) is 0 Å². The molecule has 0 radical (unpaired) electrons. The lowest BCUT2D eigenvalue weighted by Crippen LogP contribution is -2.29. The average Bonchev–Trinajstić information content (AvgIpc) is 2.30. The van der Waals surface area contributed by atoms with E-state index in [9.17, 15) is 9.59 Å². The van der Waals surface area contributed by atoms with E-state index >= 15 is 0 Å². The molecule has 0 bridgehead atoms. The number of methoxy groups -OCH3 is 1. The highest BCUT2D eigenvalue weighted by molar-refractivity contribution is 9.11. The number of aliphatic imine (C=N–C) groups is 1. The fourth-order valence-electron chi connectivity index (χ4n) is 0.790. The van der Waals surface area contributed by atoms with E-state index in [1.807, 2.05) is 0 Å². The number of halogens is 1. The summed E-state index contributed by atoms with van der Waals surface area (Å²) in [5, 5.41) is 2.47. The number of nitrogens with one attached hydrogen (secondary N) is 1. The summed E-state index contributed by atoms with van der Waals surface area (Å²) in [5.41, 5.74) is 5.31. The molecule has 0 fully saturated rings. The number of amides is 1. The highest BCUT2D eigenvalue weighted by Gasteiger charge is 2.07. The Morgan fingerprint density at radius 2 is 2.18 bits per heavy atom. The lowest BCUT2D eigenvalue weighted by molar-refractivity contribution is -0.142. The Morgan fingerprint density at radius 1 is 1.53 bits per heavy atom. The molecule has 0 heterocycles.